The number of hydrogen-bond donors (Lipinski definition) is 2. The van der Waals surface area contributed by atoms with E-state index in [9.17, 15) is 4.79 Å². The molecule has 2 heterocycles. The second-order valence-corrected chi connectivity index (χ2v) is 4.92. The average molecular weight is 265 g/mol. The first kappa shape index (κ1) is 12.4. The minimum Gasteiger partial charge on any atom is -0.351 e. The molecule has 0 aliphatic carbocycles. The maximum absolute atomic E-state index is 12.2. The zero-order valence-electron chi connectivity index (χ0n) is 11.4. The fourth-order valence-corrected chi connectivity index (χ4v) is 2.36. The average Bonchev–Trinajstić information content (AvgIpc) is 2.84. The predicted molar refractivity (Wildman–Crippen MR) is 80.0 cm³/mol. The highest BCUT2D eigenvalue weighted by molar-refractivity contribution is 6.06. The number of nitrogens with one attached hydrogen (secondary N) is 2. The lowest BCUT2D eigenvalue weighted by molar-refractivity contribution is 0.102. The molecule has 0 atom stereocenters. The zero-order chi connectivity index (χ0) is 14.1. The van der Waals surface area contributed by atoms with Gasteiger partial charge in [0.15, 0.2) is 0 Å². The zero-order valence-corrected chi connectivity index (χ0v) is 11.4. The lowest BCUT2D eigenvalue weighted by Crippen LogP contribution is -2.12. The molecule has 0 saturated carbocycles. The van der Waals surface area contributed by atoms with Crippen LogP contribution in [0.25, 0.3) is 10.9 Å². The molecule has 4 heteroatoms. The van der Waals surface area contributed by atoms with Crippen LogP contribution in [0.1, 0.15) is 21.6 Å². The Kier molecular flexibility index (Phi) is 2.99. The number of aromatic amines is 1. The third-order valence-electron chi connectivity index (χ3n) is 3.27. The topological polar surface area (TPSA) is 57.8 Å². The van der Waals surface area contributed by atoms with Crippen LogP contribution < -0.4 is 5.32 Å². The summed E-state index contributed by atoms with van der Waals surface area (Å²) in [6, 6.07) is 9.57. The smallest absolute Gasteiger partial charge is 0.272 e. The second-order valence-electron chi connectivity index (χ2n) is 4.92. The van der Waals surface area contributed by atoms with Crippen LogP contribution in [0.15, 0.2) is 42.7 Å². The number of hydrogen-bond acceptors (Lipinski definition) is 2. The van der Waals surface area contributed by atoms with E-state index in [2.05, 4.69) is 21.4 Å². The number of aryl methyl sites for hydroxylation is 2. The van der Waals surface area contributed by atoms with Crippen LogP contribution in [0.4, 0.5) is 5.69 Å². The van der Waals surface area contributed by atoms with Crippen molar-refractivity contribution in [2.24, 2.45) is 0 Å². The van der Waals surface area contributed by atoms with E-state index in [0.717, 1.165) is 16.6 Å². The van der Waals surface area contributed by atoms with Gasteiger partial charge in [0.1, 0.15) is 5.69 Å². The summed E-state index contributed by atoms with van der Waals surface area (Å²) in [5, 5.41) is 3.92. The minimum atomic E-state index is -0.149. The summed E-state index contributed by atoms with van der Waals surface area (Å²) < 4.78 is 0. The van der Waals surface area contributed by atoms with E-state index in [1.165, 1.54) is 11.1 Å². The number of amides is 1. The Bertz CT molecular complexity index is 775. The van der Waals surface area contributed by atoms with Crippen molar-refractivity contribution in [1.29, 1.82) is 0 Å². The largest absolute Gasteiger partial charge is 0.351 e. The van der Waals surface area contributed by atoms with Crippen molar-refractivity contribution in [3.63, 3.8) is 0 Å². The lowest BCUT2D eigenvalue weighted by Gasteiger charge is -2.02. The predicted octanol–water partition coefficient (Wildman–Crippen LogP) is 3.43. The number of H-pyrrole nitrogens is 1. The number of fused-ring (bicyclic) bond motifs is 1. The number of carbonyl (C=O) groups is 1. The molecular formula is C16H15N3O. The summed E-state index contributed by atoms with van der Waals surface area (Å²) in [6.45, 7) is 4.09. The Morgan fingerprint density at radius 2 is 1.90 bits per heavy atom. The summed E-state index contributed by atoms with van der Waals surface area (Å²) in [5.41, 5.74) is 4.63. The normalized spacial score (nSPS) is 10.7. The molecule has 1 amide bonds. The summed E-state index contributed by atoms with van der Waals surface area (Å²) in [7, 11) is 0. The maximum Gasteiger partial charge on any atom is 0.272 e. The third kappa shape index (κ3) is 2.28. The Morgan fingerprint density at radius 3 is 2.65 bits per heavy atom. The van der Waals surface area contributed by atoms with E-state index >= 15 is 0 Å². The van der Waals surface area contributed by atoms with E-state index in [0.29, 0.717) is 5.69 Å². The number of rotatable bonds is 2. The summed E-state index contributed by atoms with van der Waals surface area (Å²) in [5.74, 6) is -0.149. The van der Waals surface area contributed by atoms with Crippen LogP contribution in [0.5, 0.6) is 0 Å². The highest BCUT2D eigenvalue weighted by Crippen LogP contribution is 2.22. The van der Waals surface area contributed by atoms with E-state index in [-0.39, 0.29) is 5.91 Å². The second kappa shape index (κ2) is 4.81. The van der Waals surface area contributed by atoms with E-state index in [1.54, 1.807) is 24.5 Å². The molecule has 0 aliphatic rings. The molecule has 3 aromatic rings. The highest BCUT2D eigenvalue weighted by Gasteiger charge is 2.11. The molecule has 0 unspecified atom stereocenters. The van der Waals surface area contributed by atoms with Crippen LogP contribution >= 0.6 is 0 Å². The van der Waals surface area contributed by atoms with Crippen LogP contribution in [-0.2, 0) is 0 Å². The number of pyridine rings is 1. The fraction of sp³-hybridized carbons (Fsp3) is 0.125. The van der Waals surface area contributed by atoms with Crippen molar-refractivity contribution < 1.29 is 4.79 Å². The molecular weight excluding hydrogens is 250 g/mol. The monoisotopic (exact) mass is 265 g/mol. The highest BCUT2D eigenvalue weighted by atomic mass is 16.1. The molecule has 1 aromatic carbocycles. The van der Waals surface area contributed by atoms with Gasteiger partial charge in [-0.25, -0.2) is 0 Å². The van der Waals surface area contributed by atoms with Gasteiger partial charge >= 0.3 is 0 Å². The van der Waals surface area contributed by atoms with Gasteiger partial charge in [0, 0.05) is 29.0 Å². The van der Waals surface area contributed by atoms with Crippen molar-refractivity contribution in [2.45, 2.75) is 13.8 Å². The van der Waals surface area contributed by atoms with Gasteiger partial charge in [-0.15, -0.1) is 0 Å². The van der Waals surface area contributed by atoms with Crippen LogP contribution in [0, 0.1) is 13.8 Å². The third-order valence-corrected chi connectivity index (χ3v) is 3.27. The molecule has 0 saturated heterocycles. The molecule has 4 nitrogen and oxygen atoms in total. The number of anilines is 1. The van der Waals surface area contributed by atoms with Gasteiger partial charge < -0.3 is 10.3 Å². The first-order valence-corrected chi connectivity index (χ1v) is 6.45. The maximum atomic E-state index is 12.2. The van der Waals surface area contributed by atoms with Gasteiger partial charge in [-0.05, 0) is 49.2 Å². The Morgan fingerprint density at radius 1 is 1.15 bits per heavy atom. The Labute approximate surface area is 116 Å². The standard InChI is InChI=1S/C16H15N3O/c1-10-7-11(2)13-9-15(19-14(13)8-10)16(20)18-12-3-5-17-6-4-12/h3-9,19H,1-2H3,(H,17,18,20). The number of carbonyl (C=O) groups excluding carboxylic acids is 1. The van der Waals surface area contributed by atoms with E-state index in [1.807, 2.05) is 26.0 Å². The van der Waals surface area contributed by atoms with Gasteiger partial charge in [0.25, 0.3) is 5.91 Å². The van der Waals surface area contributed by atoms with E-state index < -0.39 is 0 Å². The quantitative estimate of drug-likeness (QED) is 0.745. The molecule has 2 N–H and O–H groups in total. The molecule has 0 radical (unpaired) electrons. The van der Waals surface area contributed by atoms with Gasteiger partial charge in [-0.3, -0.25) is 9.78 Å². The number of benzene rings is 1. The van der Waals surface area contributed by atoms with E-state index in [4.69, 9.17) is 0 Å². The Balaban J connectivity index is 1.94. The number of nitrogens with zero attached hydrogens (tertiary/aromatic N) is 1. The molecule has 0 spiro atoms. The Hall–Kier alpha value is -2.62. The van der Waals surface area contributed by atoms with Crippen molar-refractivity contribution in [1.82, 2.24) is 9.97 Å². The lowest BCUT2D eigenvalue weighted by atomic mass is 10.1. The van der Waals surface area contributed by atoms with Gasteiger partial charge in [0.05, 0.1) is 0 Å². The van der Waals surface area contributed by atoms with Crippen molar-refractivity contribution in [3.05, 3.63) is 59.5 Å². The minimum absolute atomic E-state index is 0.149. The molecule has 3 rings (SSSR count). The number of aromatic nitrogens is 2. The van der Waals surface area contributed by atoms with Crippen LogP contribution in [0.3, 0.4) is 0 Å². The van der Waals surface area contributed by atoms with Gasteiger partial charge in [-0.1, -0.05) is 6.07 Å². The molecule has 0 bridgehead atoms. The SMILES string of the molecule is Cc1cc(C)c2cc(C(=O)Nc3ccncc3)[nH]c2c1. The van der Waals surface area contributed by atoms with Crippen LogP contribution in [0.2, 0.25) is 0 Å². The molecule has 20 heavy (non-hydrogen) atoms. The summed E-state index contributed by atoms with van der Waals surface area (Å²) >= 11 is 0. The molecule has 0 fully saturated rings. The van der Waals surface area contributed by atoms with Crippen molar-refractivity contribution >= 4 is 22.5 Å². The molecule has 2 aromatic heterocycles. The first-order valence-electron chi connectivity index (χ1n) is 6.45. The molecule has 100 valence electrons. The summed E-state index contributed by atoms with van der Waals surface area (Å²) in [6.07, 6.45) is 3.29. The molecule has 0 aliphatic heterocycles. The van der Waals surface area contributed by atoms with Crippen LogP contribution in [-0.4, -0.2) is 15.9 Å². The van der Waals surface area contributed by atoms with Crippen molar-refractivity contribution in [2.75, 3.05) is 5.32 Å². The van der Waals surface area contributed by atoms with Gasteiger partial charge in [-0.2, -0.15) is 0 Å². The van der Waals surface area contributed by atoms with Gasteiger partial charge in [0.2, 0.25) is 0 Å². The summed E-state index contributed by atoms with van der Waals surface area (Å²) in [4.78, 5) is 19.3. The first-order chi connectivity index (χ1) is 9.63. The van der Waals surface area contributed by atoms with Crippen molar-refractivity contribution in [3.8, 4) is 0 Å². The fourth-order valence-electron chi connectivity index (χ4n) is 2.36.